The highest BCUT2D eigenvalue weighted by Crippen LogP contribution is 2.14. The highest BCUT2D eigenvalue weighted by molar-refractivity contribution is 9.10. The fourth-order valence-electron chi connectivity index (χ4n) is 1.37. The van der Waals surface area contributed by atoms with Crippen molar-refractivity contribution in [1.82, 2.24) is 10.6 Å². The monoisotopic (exact) mass is 315 g/mol. The van der Waals surface area contributed by atoms with E-state index in [-0.39, 0.29) is 5.82 Å². The lowest BCUT2D eigenvalue weighted by Crippen LogP contribution is -2.41. The number of benzene rings is 1. The quantitative estimate of drug-likeness (QED) is 0.662. The van der Waals surface area contributed by atoms with E-state index in [0.717, 1.165) is 10.9 Å². The average Bonchev–Trinajstić information content (AvgIpc) is 2.35. The Morgan fingerprint density at radius 3 is 2.78 bits per heavy atom. The summed E-state index contributed by atoms with van der Waals surface area (Å²) in [6, 6.07) is 5.38. The zero-order valence-corrected chi connectivity index (χ0v) is 12.5. The fourth-order valence-corrected chi connectivity index (χ4v) is 1.71. The second kappa shape index (κ2) is 7.36. The summed E-state index contributed by atoms with van der Waals surface area (Å²) in [5.74, 6) is 0.461. The van der Waals surface area contributed by atoms with Gasteiger partial charge in [0, 0.05) is 29.7 Å². The summed E-state index contributed by atoms with van der Waals surface area (Å²) in [4.78, 5) is 4.10. The number of guanidine groups is 1. The molecule has 1 aromatic carbocycles. The van der Waals surface area contributed by atoms with Crippen LogP contribution in [0.3, 0.4) is 0 Å². The molecule has 0 saturated carbocycles. The summed E-state index contributed by atoms with van der Waals surface area (Å²) in [6.45, 7) is 4.58. The molecule has 1 atom stereocenters. The minimum Gasteiger partial charge on any atom is -0.354 e. The molecule has 0 spiro atoms. The van der Waals surface area contributed by atoms with E-state index in [1.54, 1.807) is 13.1 Å². The zero-order valence-electron chi connectivity index (χ0n) is 10.9. The zero-order chi connectivity index (χ0) is 13.5. The van der Waals surface area contributed by atoms with Gasteiger partial charge < -0.3 is 10.6 Å². The SMILES string of the molecule is CCC(C)NC(=NC)NCc1ccc(Br)cc1F. The van der Waals surface area contributed by atoms with Crippen LogP contribution in [-0.4, -0.2) is 19.0 Å². The highest BCUT2D eigenvalue weighted by Gasteiger charge is 2.05. The summed E-state index contributed by atoms with van der Waals surface area (Å²) < 4.78 is 14.3. The van der Waals surface area contributed by atoms with Crippen molar-refractivity contribution in [2.75, 3.05) is 7.05 Å². The molecule has 0 radical (unpaired) electrons. The summed E-state index contributed by atoms with van der Waals surface area (Å²) in [6.07, 6.45) is 1.01. The average molecular weight is 316 g/mol. The standard InChI is InChI=1S/C13H19BrFN3/c1-4-9(2)18-13(16-3)17-8-10-5-6-11(14)7-12(10)15/h5-7,9H,4,8H2,1-3H3,(H2,16,17,18). The van der Waals surface area contributed by atoms with Crippen LogP contribution in [0.15, 0.2) is 27.7 Å². The smallest absolute Gasteiger partial charge is 0.191 e. The van der Waals surface area contributed by atoms with Crippen molar-refractivity contribution in [2.45, 2.75) is 32.9 Å². The van der Waals surface area contributed by atoms with Crippen molar-refractivity contribution >= 4 is 21.9 Å². The number of halogens is 2. The minimum atomic E-state index is -0.226. The van der Waals surface area contributed by atoms with E-state index in [1.807, 2.05) is 6.07 Å². The molecule has 0 amide bonds. The summed E-state index contributed by atoms with van der Waals surface area (Å²) >= 11 is 3.24. The van der Waals surface area contributed by atoms with E-state index in [1.165, 1.54) is 6.07 Å². The molecule has 1 rings (SSSR count). The Balaban J connectivity index is 2.58. The van der Waals surface area contributed by atoms with Gasteiger partial charge in [0.2, 0.25) is 0 Å². The van der Waals surface area contributed by atoms with Crippen LogP contribution in [0.25, 0.3) is 0 Å². The van der Waals surface area contributed by atoms with Crippen LogP contribution < -0.4 is 10.6 Å². The second-order valence-corrected chi connectivity index (χ2v) is 5.03. The van der Waals surface area contributed by atoms with Crippen molar-refractivity contribution in [3.05, 3.63) is 34.1 Å². The van der Waals surface area contributed by atoms with Crippen LogP contribution in [0.4, 0.5) is 4.39 Å². The van der Waals surface area contributed by atoms with Crippen molar-refractivity contribution in [1.29, 1.82) is 0 Å². The Bertz CT molecular complexity index is 421. The van der Waals surface area contributed by atoms with Crippen LogP contribution in [0.5, 0.6) is 0 Å². The van der Waals surface area contributed by atoms with Gasteiger partial charge in [-0.1, -0.05) is 28.9 Å². The Morgan fingerprint density at radius 1 is 1.50 bits per heavy atom. The number of rotatable bonds is 4. The highest BCUT2D eigenvalue weighted by atomic mass is 79.9. The van der Waals surface area contributed by atoms with E-state index in [4.69, 9.17) is 0 Å². The van der Waals surface area contributed by atoms with E-state index < -0.39 is 0 Å². The molecule has 0 aliphatic rings. The van der Waals surface area contributed by atoms with Gasteiger partial charge in [-0.3, -0.25) is 4.99 Å². The van der Waals surface area contributed by atoms with E-state index in [9.17, 15) is 4.39 Å². The van der Waals surface area contributed by atoms with Gasteiger partial charge in [0.05, 0.1) is 0 Å². The summed E-state index contributed by atoms with van der Waals surface area (Å²) in [5, 5.41) is 6.32. The Labute approximate surface area is 116 Å². The third kappa shape index (κ3) is 4.64. The van der Waals surface area contributed by atoms with Crippen molar-refractivity contribution in [2.24, 2.45) is 4.99 Å². The van der Waals surface area contributed by atoms with Crippen LogP contribution in [0.1, 0.15) is 25.8 Å². The first-order valence-electron chi connectivity index (χ1n) is 5.98. The molecular formula is C13H19BrFN3. The lowest BCUT2D eigenvalue weighted by molar-refractivity contribution is 0.597. The minimum absolute atomic E-state index is 0.226. The molecule has 5 heteroatoms. The lowest BCUT2D eigenvalue weighted by atomic mass is 10.2. The molecule has 100 valence electrons. The molecule has 0 saturated heterocycles. The Kier molecular flexibility index (Phi) is 6.12. The first-order chi connectivity index (χ1) is 8.56. The van der Waals surface area contributed by atoms with Gasteiger partial charge in [0.15, 0.2) is 5.96 Å². The summed E-state index contributed by atoms with van der Waals surface area (Å²) in [5.41, 5.74) is 0.616. The Hall–Kier alpha value is -1.10. The van der Waals surface area contributed by atoms with Gasteiger partial charge in [-0.25, -0.2) is 4.39 Å². The molecule has 18 heavy (non-hydrogen) atoms. The van der Waals surface area contributed by atoms with Gasteiger partial charge >= 0.3 is 0 Å². The molecule has 0 aliphatic heterocycles. The number of nitrogens with zero attached hydrogens (tertiary/aromatic N) is 1. The normalized spacial score (nSPS) is 13.3. The van der Waals surface area contributed by atoms with Crippen molar-refractivity contribution < 1.29 is 4.39 Å². The summed E-state index contributed by atoms with van der Waals surface area (Å²) in [7, 11) is 1.70. The van der Waals surface area contributed by atoms with Crippen molar-refractivity contribution in [3.8, 4) is 0 Å². The predicted molar refractivity (Wildman–Crippen MR) is 77.2 cm³/mol. The number of hydrogen-bond donors (Lipinski definition) is 2. The molecule has 0 fully saturated rings. The molecule has 0 aromatic heterocycles. The van der Waals surface area contributed by atoms with Gasteiger partial charge in [-0.2, -0.15) is 0 Å². The van der Waals surface area contributed by atoms with Gasteiger partial charge in [0.25, 0.3) is 0 Å². The van der Waals surface area contributed by atoms with Crippen LogP contribution in [0, 0.1) is 5.82 Å². The largest absolute Gasteiger partial charge is 0.354 e. The van der Waals surface area contributed by atoms with Gasteiger partial charge in [-0.05, 0) is 25.5 Å². The van der Waals surface area contributed by atoms with Crippen LogP contribution >= 0.6 is 15.9 Å². The molecule has 1 aromatic rings. The molecule has 1 unspecified atom stereocenters. The lowest BCUT2D eigenvalue weighted by Gasteiger charge is -2.16. The van der Waals surface area contributed by atoms with E-state index in [0.29, 0.717) is 24.1 Å². The number of nitrogens with one attached hydrogen (secondary N) is 2. The molecule has 0 aliphatic carbocycles. The molecule has 2 N–H and O–H groups in total. The maximum absolute atomic E-state index is 13.6. The number of hydrogen-bond acceptors (Lipinski definition) is 1. The second-order valence-electron chi connectivity index (χ2n) is 4.12. The molecule has 0 heterocycles. The first-order valence-corrected chi connectivity index (χ1v) is 6.77. The molecule has 0 bridgehead atoms. The van der Waals surface area contributed by atoms with Gasteiger partial charge in [-0.15, -0.1) is 0 Å². The molecular weight excluding hydrogens is 297 g/mol. The third-order valence-corrected chi connectivity index (χ3v) is 3.17. The maximum Gasteiger partial charge on any atom is 0.191 e. The van der Waals surface area contributed by atoms with E-state index >= 15 is 0 Å². The van der Waals surface area contributed by atoms with E-state index in [2.05, 4.69) is 45.4 Å². The van der Waals surface area contributed by atoms with Crippen LogP contribution in [0.2, 0.25) is 0 Å². The first kappa shape index (κ1) is 15.0. The fraction of sp³-hybridized carbons (Fsp3) is 0.462. The number of aliphatic imine (C=N–C) groups is 1. The van der Waals surface area contributed by atoms with Crippen LogP contribution in [-0.2, 0) is 6.54 Å². The van der Waals surface area contributed by atoms with Gasteiger partial charge in [0.1, 0.15) is 5.82 Å². The maximum atomic E-state index is 13.6. The predicted octanol–water partition coefficient (Wildman–Crippen LogP) is 3.05. The topological polar surface area (TPSA) is 36.4 Å². The molecule has 3 nitrogen and oxygen atoms in total. The third-order valence-electron chi connectivity index (χ3n) is 2.68. The van der Waals surface area contributed by atoms with Crippen molar-refractivity contribution in [3.63, 3.8) is 0 Å². The Morgan fingerprint density at radius 2 is 2.22 bits per heavy atom.